The van der Waals surface area contributed by atoms with Crippen molar-refractivity contribution in [3.05, 3.63) is 64.2 Å². The minimum absolute atomic E-state index is 0.228. The van der Waals surface area contributed by atoms with Crippen LogP contribution in [0.15, 0.2) is 42.5 Å². The molecule has 0 aliphatic carbocycles. The Morgan fingerprint density at radius 3 is 2.78 bits per heavy atom. The number of hydrogen-bond acceptors (Lipinski definition) is 5. The van der Waals surface area contributed by atoms with Gasteiger partial charge < -0.3 is 10.2 Å². The summed E-state index contributed by atoms with van der Waals surface area (Å²) in [6, 6.07) is 15.4. The maximum atomic E-state index is 13.0. The molecule has 0 spiro atoms. The molecule has 166 valence electrons. The van der Waals surface area contributed by atoms with Crippen molar-refractivity contribution in [2.75, 3.05) is 26.2 Å². The smallest absolute Gasteiger partial charge is 0.254 e. The SMILES string of the molecule is O=C1c2ccc(C3CCN(Cc4nc5ccccc5s4)CC3)cc2CN1C1CCCNC1. The molecule has 6 heteroatoms. The molecule has 3 aromatic rings. The third-order valence-electron chi connectivity index (χ3n) is 7.43. The Kier molecular flexibility index (Phi) is 5.45. The van der Waals surface area contributed by atoms with Crippen molar-refractivity contribution in [1.29, 1.82) is 0 Å². The molecule has 5 nitrogen and oxygen atoms in total. The van der Waals surface area contributed by atoms with Gasteiger partial charge in [-0.3, -0.25) is 9.69 Å². The van der Waals surface area contributed by atoms with E-state index in [2.05, 4.69) is 57.6 Å². The summed E-state index contributed by atoms with van der Waals surface area (Å²) < 4.78 is 1.28. The van der Waals surface area contributed by atoms with Crippen molar-refractivity contribution < 1.29 is 4.79 Å². The van der Waals surface area contributed by atoms with Gasteiger partial charge in [-0.25, -0.2) is 4.98 Å². The molecule has 2 saturated heterocycles. The van der Waals surface area contributed by atoms with E-state index in [0.29, 0.717) is 12.0 Å². The molecule has 32 heavy (non-hydrogen) atoms. The highest BCUT2D eigenvalue weighted by Gasteiger charge is 2.34. The quantitative estimate of drug-likeness (QED) is 0.646. The number of aromatic nitrogens is 1. The Labute approximate surface area is 193 Å². The fraction of sp³-hybridized carbons (Fsp3) is 0.462. The van der Waals surface area contributed by atoms with Gasteiger partial charge in [0, 0.05) is 24.7 Å². The Bertz CT molecular complexity index is 1090. The number of para-hydroxylation sites is 1. The molecule has 1 aromatic heterocycles. The number of fused-ring (bicyclic) bond motifs is 2. The van der Waals surface area contributed by atoms with Crippen LogP contribution in [0.2, 0.25) is 0 Å². The molecule has 6 rings (SSSR count). The van der Waals surface area contributed by atoms with Gasteiger partial charge in [-0.05, 0) is 80.6 Å². The highest BCUT2D eigenvalue weighted by atomic mass is 32.1. The molecule has 0 saturated carbocycles. The monoisotopic (exact) mass is 446 g/mol. The van der Waals surface area contributed by atoms with Gasteiger partial charge in [0.25, 0.3) is 5.91 Å². The number of nitrogens with one attached hydrogen (secondary N) is 1. The summed E-state index contributed by atoms with van der Waals surface area (Å²) in [4.78, 5) is 22.4. The second kappa shape index (κ2) is 8.58. The van der Waals surface area contributed by atoms with E-state index in [9.17, 15) is 4.79 Å². The van der Waals surface area contributed by atoms with Crippen molar-refractivity contribution in [1.82, 2.24) is 20.1 Å². The molecule has 1 atom stereocenters. The standard InChI is InChI=1S/C26H30N4OS/c31-26-22-8-7-19(14-20(22)16-30(26)21-4-3-11-27-15-21)18-9-12-29(13-10-18)17-25-28-23-5-1-2-6-24(23)32-25/h1-2,5-8,14,18,21,27H,3-4,9-13,15-17H2. The van der Waals surface area contributed by atoms with Crippen LogP contribution in [0.4, 0.5) is 0 Å². The summed E-state index contributed by atoms with van der Waals surface area (Å²) in [5.41, 5.74) is 4.69. The zero-order valence-corrected chi connectivity index (χ0v) is 19.2. The molecular formula is C26H30N4OS. The number of likely N-dealkylation sites (tertiary alicyclic amines) is 1. The number of piperidine rings is 2. The van der Waals surface area contributed by atoms with Gasteiger partial charge in [0.1, 0.15) is 5.01 Å². The molecule has 1 amide bonds. The Balaban J connectivity index is 1.09. The molecule has 0 bridgehead atoms. The molecule has 1 unspecified atom stereocenters. The lowest BCUT2D eigenvalue weighted by Crippen LogP contribution is -2.46. The predicted octanol–water partition coefficient (Wildman–Crippen LogP) is 4.38. The van der Waals surface area contributed by atoms with E-state index in [4.69, 9.17) is 4.98 Å². The lowest BCUT2D eigenvalue weighted by Gasteiger charge is -2.32. The van der Waals surface area contributed by atoms with Crippen LogP contribution in [0.3, 0.4) is 0 Å². The molecule has 2 fully saturated rings. The fourth-order valence-electron chi connectivity index (χ4n) is 5.61. The first-order valence-electron chi connectivity index (χ1n) is 12.0. The molecule has 0 radical (unpaired) electrons. The summed E-state index contributed by atoms with van der Waals surface area (Å²) in [5, 5.41) is 4.67. The molecule has 1 N–H and O–H groups in total. The van der Waals surface area contributed by atoms with Crippen LogP contribution >= 0.6 is 11.3 Å². The average molecular weight is 447 g/mol. The van der Waals surface area contributed by atoms with Crippen molar-refractivity contribution in [2.45, 2.75) is 50.7 Å². The van der Waals surface area contributed by atoms with Crippen molar-refractivity contribution >= 4 is 27.5 Å². The minimum atomic E-state index is 0.228. The molecule has 3 aliphatic rings. The van der Waals surface area contributed by atoms with Gasteiger partial charge in [-0.2, -0.15) is 0 Å². The number of amides is 1. The van der Waals surface area contributed by atoms with E-state index in [1.54, 1.807) is 0 Å². The van der Waals surface area contributed by atoms with Crippen molar-refractivity contribution in [2.24, 2.45) is 0 Å². The number of nitrogens with zero attached hydrogens (tertiary/aromatic N) is 3. The maximum absolute atomic E-state index is 13.0. The lowest BCUT2D eigenvalue weighted by molar-refractivity contribution is 0.0674. The van der Waals surface area contributed by atoms with Gasteiger partial charge in [0.15, 0.2) is 0 Å². The van der Waals surface area contributed by atoms with Crippen molar-refractivity contribution in [3.63, 3.8) is 0 Å². The van der Waals surface area contributed by atoms with Gasteiger partial charge in [-0.1, -0.05) is 24.3 Å². The summed E-state index contributed by atoms with van der Waals surface area (Å²) in [6.45, 7) is 5.96. The van der Waals surface area contributed by atoms with Gasteiger partial charge in [0.2, 0.25) is 0 Å². The van der Waals surface area contributed by atoms with Crippen LogP contribution in [0, 0.1) is 0 Å². The minimum Gasteiger partial charge on any atom is -0.330 e. The third kappa shape index (κ3) is 3.85. The first-order chi connectivity index (χ1) is 15.7. The fourth-order valence-corrected chi connectivity index (χ4v) is 6.62. The highest BCUT2D eigenvalue weighted by Crippen LogP contribution is 2.34. The first kappa shape index (κ1) is 20.3. The second-order valence-electron chi connectivity index (χ2n) is 9.48. The summed E-state index contributed by atoms with van der Waals surface area (Å²) in [6.07, 6.45) is 4.63. The number of thiazole rings is 1. The lowest BCUT2D eigenvalue weighted by atomic mass is 9.88. The number of rotatable bonds is 4. The van der Waals surface area contributed by atoms with Crippen LogP contribution < -0.4 is 5.32 Å². The van der Waals surface area contributed by atoms with Crippen LogP contribution in [0.5, 0.6) is 0 Å². The van der Waals surface area contributed by atoms with E-state index in [0.717, 1.165) is 63.2 Å². The topological polar surface area (TPSA) is 48.5 Å². The largest absolute Gasteiger partial charge is 0.330 e. The van der Waals surface area contributed by atoms with Crippen LogP contribution in [-0.2, 0) is 13.1 Å². The Morgan fingerprint density at radius 1 is 1.09 bits per heavy atom. The second-order valence-corrected chi connectivity index (χ2v) is 10.6. The molecular weight excluding hydrogens is 416 g/mol. The highest BCUT2D eigenvalue weighted by molar-refractivity contribution is 7.18. The Hall–Kier alpha value is -2.28. The van der Waals surface area contributed by atoms with E-state index in [1.165, 1.54) is 33.7 Å². The van der Waals surface area contributed by atoms with Crippen LogP contribution in [0.25, 0.3) is 10.2 Å². The summed E-state index contributed by atoms with van der Waals surface area (Å²) >= 11 is 1.82. The Morgan fingerprint density at radius 2 is 1.97 bits per heavy atom. The summed E-state index contributed by atoms with van der Waals surface area (Å²) in [5.74, 6) is 0.818. The normalized spacial score (nSPS) is 22.6. The number of benzene rings is 2. The van der Waals surface area contributed by atoms with E-state index in [1.807, 2.05) is 11.3 Å². The van der Waals surface area contributed by atoms with E-state index in [-0.39, 0.29) is 5.91 Å². The average Bonchev–Trinajstić information content (AvgIpc) is 3.40. The van der Waals surface area contributed by atoms with Crippen molar-refractivity contribution in [3.8, 4) is 0 Å². The predicted molar refractivity (Wildman–Crippen MR) is 129 cm³/mol. The number of carbonyl (C=O) groups is 1. The summed E-state index contributed by atoms with van der Waals surface area (Å²) in [7, 11) is 0. The van der Waals surface area contributed by atoms with Gasteiger partial charge in [-0.15, -0.1) is 11.3 Å². The third-order valence-corrected chi connectivity index (χ3v) is 8.45. The number of hydrogen-bond donors (Lipinski definition) is 1. The zero-order chi connectivity index (χ0) is 21.5. The van der Waals surface area contributed by atoms with E-state index >= 15 is 0 Å². The molecule has 3 aliphatic heterocycles. The van der Waals surface area contributed by atoms with Gasteiger partial charge in [0.05, 0.1) is 16.8 Å². The van der Waals surface area contributed by atoms with Gasteiger partial charge >= 0.3 is 0 Å². The maximum Gasteiger partial charge on any atom is 0.254 e. The molecule has 4 heterocycles. The van der Waals surface area contributed by atoms with Crippen LogP contribution in [-0.4, -0.2) is 52.9 Å². The van der Waals surface area contributed by atoms with E-state index < -0.39 is 0 Å². The first-order valence-corrected chi connectivity index (χ1v) is 12.8. The molecule has 2 aromatic carbocycles. The zero-order valence-electron chi connectivity index (χ0n) is 18.4. The van der Waals surface area contributed by atoms with Crippen LogP contribution in [0.1, 0.15) is 58.1 Å². The number of carbonyl (C=O) groups excluding carboxylic acids is 1.